The molecule has 2 heterocycles. The summed E-state index contributed by atoms with van der Waals surface area (Å²) in [7, 11) is 0. The maximum Gasteiger partial charge on any atom is 0.239 e. The largest absolute Gasteiger partial charge is 0.355 e. The van der Waals surface area contributed by atoms with Crippen LogP contribution in [0.1, 0.15) is 18.4 Å². The summed E-state index contributed by atoms with van der Waals surface area (Å²) in [6, 6.07) is 11.1. The molecule has 1 aliphatic rings. The van der Waals surface area contributed by atoms with Crippen molar-refractivity contribution in [1.82, 2.24) is 15.6 Å². The predicted molar refractivity (Wildman–Crippen MR) is 108 cm³/mol. The van der Waals surface area contributed by atoms with E-state index in [1.54, 1.807) is 17.3 Å². The summed E-state index contributed by atoms with van der Waals surface area (Å²) >= 11 is 3.39. The fraction of sp³-hybridized carbons (Fsp3) is 0.300. The van der Waals surface area contributed by atoms with E-state index in [9.17, 15) is 14.4 Å². The van der Waals surface area contributed by atoms with Crippen LogP contribution in [0.25, 0.3) is 0 Å². The van der Waals surface area contributed by atoms with Crippen molar-refractivity contribution in [3.05, 3.63) is 58.8 Å². The van der Waals surface area contributed by atoms with Crippen LogP contribution in [0.3, 0.4) is 0 Å². The standard InChI is InChI=1S/C20H21BrN4O3/c21-15-2-1-3-16(12-15)25-11-7-17(20(25)28)19(27)23-10-6-18(26)24-13-14-4-8-22-9-5-14/h1-5,8-9,12,17H,6-7,10-11,13H2,(H,23,27)(H,24,26). The van der Waals surface area contributed by atoms with Crippen LogP contribution < -0.4 is 15.5 Å². The molecule has 7 nitrogen and oxygen atoms in total. The van der Waals surface area contributed by atoms with Gasteiger partial charge in [0.15, 0.2) is 0 Å². The summed E-state index contributed by atoms with van der Waals surface area (Å²) in [5.74, 6) is -1.41. The first-order chi connectivity index (χ1) is 13.5. The molecular weight excluding hydrogens is 424 g/mol. The number of hydrogen-bond donors (Lipinski definition) is 2. The summed E-state index contributed by atoms with van der Waals surface area (Å²) in [5, 5.41) is 5.49. The number of carbonyl (C=O) groups excluding carboxylic acids is 3. The van der Waals surface area contributed by atoms with Crippen molar-refractivity contribution in [3.8, 4) is 0 Å². The van der Waals surface area contributed by atoms with Gasteiger partial charge < -0.3 is 15.5 Å². The molecule has 1 aromatic carbocycles. The van der Waals surface area contributed by atoms with Gasteiger partial charge in [0.05, 0.1) is 0 Å². The number of halogens is 1. The van der Waals surface area contributed by atoms with Crippen molar-refractivity contribution in [2.24, 2.45) is 5.92 Å². The molecule has 1 aromatic heterocycles. The van der Waals surface area contributed by atoms with Gasteiger partial charge in [-0.15, -0.1) is 0 Å². The smallest absolute Gasteiger partial charge is 0.239 e. The number of rotatable bonds is 7. The lowest BCUT2D eigenvalue weighted by Gasteiger charge is -2.17. The molecule has 3 amide bonds. The zero-order valence-electron chi connectivity index (χ0n) is 15.2. The van der Waals surface area contributed by atoms with E-state index in [1.165, 1.54) is 0 Å². The molecule has 1 unspecified atom stereocenters. The number of pyridine rings is 1. The van der Waals surface area contributed by atoms with Gasteiger partial charge in [-0.1, -0.05) is 22.0 Å². The Hall–Kier alpha value is -2.74. The second-order valence-electron chi connectivity index (χ2n) is 6.48. The lowest BCUT2D eigenvalue weighted by Crippen LogP contribution is -2.38. The van der Waals surface area contributed by atoms with Crippen LogP contribution in [-0.4, -0.2) is 35.8 Å². The van der Waals surface area contributed by atoms with Crippen molar-refractivity contribution in [2.45, 2.75) is 19.4 Å². The quantitative estimate of drug-likeness (QED) is 0.639. The van der Waals surface area contributed by atoms with Crippen molar-refractivity contribution >= 4 is 39.3 Å². The second kappa shape index (κ2) is 9.45. The normalized spacial score (nSPS) is 16.1. The zero-order chi connectivity index (χ0) is 19.9. The molecule has 0 bridgehead atoms. The molecule has 1 saturated heterocycles. The van der Waals surface area contributed by atoms with Gasteiger partial charge in [-0.2, -0.15) is 0 Å². The Morgan fingerprint density at radius 3 is 2.71 bits per heavy atom. The summed E-state index contributed by atoms with van der Waals surface area (Å²) in [4.78, 5) is 42.4. The number of nitrogens with zero attached hydrogens (tertiary/aromatic N) is 2. The van der Waals surface area contributed by atoms with Crippen molar-refractivity contribution < 1.29 is 14.4 Å². The van der Waals surface area contributed by atoms with Crippen LogP contribution in [0, 0.1) is 5.92 Å². The molecule has 1 fully saturated rings. The van der Waals surface area contributed by atoms with E-state index < -0.39 is 5.92 Å². The van der Waals surface area contributed by atoms with E-state index >= 15 is 0 Å². The van der Waals surface area contributed by atoms with Gasteiger partial charge in [0.2, 0.25) is 17.7 Å². The van der Waals surface area contributed by atoms with Gasteiger partial charge >= 0.3 is 0 Å². The van der Waals surface area contributed by atoms with E-state index in [0.29, 0.717) is 19.5 Å². The molecule has 8 heteroatoms. The minimum Gasteiger partial charge on any atom is -0.355 e. The molecule has 0 saturated carbocycles. The molecule has 3 rings (SSSR count). The third kappa shape index (κ3) is 5.16. The Kier molecular flexibility index (Phi) is 6.76. The number of nitrogens with one attached hydrogen (secondary N) is 2. The molecule has 2 aromatic rings. The first kappa shape index (κ1) is 20.0. The second-order valence-corrected chi connectivity index (χ2v) is 7.40. The highest BCUT2D eigenvalue weighted by Crippen LogP contribution is 2.27. The highest BCUT2D eigenvalue weighted by atomic mass is 79.9. The Bertz CT molecular complexity index is 860. The number of carbonyl (C=O) groups is 3. The summed E-state index contributed by atoms with van der Waals surface area (Å²) < 4.78 is 0.878. The molecule has 146 valence electrons. The number of benzene rings is 1. The maximum atomic E-state index is 12.6. The zero-order valence-corrected chi connectivity index (χ0v) is 16.8. The van der Waals surface area contributed by atoms with Crippen molar-refractivity contribution in [1.29, 1.82) is 0 Å². The van der Waals surface area contributed by atoms with Crippen LogP contribution in [-0.2, 0) is 20.9 Å². The van der Waals surface area contributed by atoms with E-state index in [4.69, 9.17) is 0 Å². The Balaban J connectivity index is 1.42. The summed E-state index contributed by atoms with van der Waals surface area (Å²) in [6.07, 6.45) is 3.95. The molecule has 0 aliphatic carbocycles. The Morgan fingerprint density at radius 2 is 1.96 bits per heavy atom. The average molecular weight is 445 g/mol. The van der Waals surface area contributed by atoms with Gasteiger partial charge in [-0.3, -0.25) is 19.4 Å². The maximum absolute atomic E-state index is 12.6. The average Bonchev–Trinajstić information content (AvgIpc) is 3.08. The topological polar surface area (TPSA) is 91.4 Å². The Morgan fingerprint density at radius 1 is 1.18 bits per heavy atom. The highest BCUT2D eigenvalue weighted by molar-refractivity contribution is 9.10. The molecule has 1 atom stereocenters. The third-order valence-electron chi connectivity index (χ3n) is 4.53. The number of hydrogen-bond acceptors (Lipinski definition) is 4. The highest BCUT2D eigenvalue weighted by Gasteiger charge is 2.37. The van der Waals surface area contributed by atoms with Crippen molar-refractivity contribution in [2.75, 3.05) is 18.0 Å². The number of aromatic nitrogens is 1. The molecular formula is C20H21BrN4O3. The minimum atomic E-state index is -0.709. The van der Waals surface area contributed by atoms with E-state index in [2.05, 4.69) is 31.5 Å². The Labute approximate surface area is 171 Å². The molecule has 0 radical (unpaired) electrons. The first-order valence-electron chi connectivity index (χ1n) is 9.05. The van der Waals surface area contributed by atoms with Gasteiger partial charge in [0, 0.05) is 48.6 Å². The molecule has 28 heavy (non-hydrogen) atoms. The summed E-state index contributed by atoms with van der Waals surface area (Å²) in [5.41, 5.74) is 1.72. The van der Waals surface area contributed by atoms with Crippen molar-refractivity contribution in [3.63, 3.8) is 0 Å². The van der Waals surface area contributed by atoms with E-state index in [1.807, 2.05) is 36.4 Å². The molecule has 0 spiro atoms. The third-order valence-corrected chi connectivity index (χ3v) is 5.03. The first-order valence-corrected chi connectivity index (χ1v) is 9.84. The molecule has 1 aliphatic heterocycles. The van der Waals surface area contributed by atoms with Crippen LogP contribution >= 0.6 is 15.9 Å². The number of amides is 3. The fourth-order valence-electron chi connectivity index (χ4n) is 3.04. The predicted octanol–water partition coefficient (Wildman–Crippen LogP) is 2.02. The summed E-state index contributed by atoms with van der Waals surface area (Å²) in [6.45, 7) is 1.11. The lowest BCUT2D eigenvalue weighted by atomic mass is 10.1. The van der Waals surface area contributed by atoms with E-state index in [-0.39, 0.29) is 30.7 Å². The minimum absolute atomic E-state index is 0.160. The van der Waals surface area contributed by atoms with Gasteiger partial charge in [-0.05, 0) is 42.3 Å². The van der Waals surface area contributed by atoms with Crippen LogP contribution in [0.2, 0.25) is 0 Å². The monoisotopic (exact) mass is 444 g/mol. The van der Waals surface area contributed by atoms with Crippen LogP contribution in [0.4, 0.5) is 5.69 Å². The van der Waals surface area contributed by atoms with Crippen LogP contribution in [0.15, 0.2) is 53.3 Å². The number of anilines is 1. The lowest BCUT2D eigenvalue weighted by molar-refractivity contribution is -0.132. The van der Waals surface area contributed by atoms with Gasteiger partial charge in [-0.25, -0.2) is 0 Å². The van der Waals surface area contributed by atoms with E-state index in [0.717, 1.165) is 15.7 Å². The van der Waals surface area contributed by atoms with Gasteiger partial charge in [0.25, 0.3) is 0 Å². The van der Waals surface area contributed by atoms with Gasteiger partial charge in [0.1, 0.15) is 5.92 Å². The van der Waals surface area contributed by atoms with Crippen LogP contribution in [0.5, 0.6) is 0 Å². The SMILES string of the molecule is O=C(CCNC(=O)C1CCN(c2cccc(Br)c2)C1=O)NCc1ccncc1. The fourth-order valence-corrected chi connectivity index (χ4v) is 3.42. The molecule has 2 N–H and O–H groups in total.